The summed E-state index contributed by atoms with van der Waals surface area (Å²) >= 11 is 0. The molecule has 1 amide bonds. The Kier molecular flexibility index (Phi) is 4.47. The Hall–Kier alpha value is -1.23. The van der Waals surface area contributed by atoms with Gasteiger partial charge in [0.05, 0.1) is 18.8 Å². The first-order valence-electron chi connectivity index (χ1n) is 6.86. The van der Waals surface area contributed by atoms with Crippen LogP contribution in [0.1, 0.15) is 33.1 Å². The van der Waals surface area contributed by atoms with Gasteiger partial charge in [-0.05, 0) is 26.7 Å². The SMILES string of the molecule is CCN(C(=O)C1=NC(C)CN=C1)N1CCCCC1. The number of carbonyl (C=O) groups excluding carboxylic acids is 1. The lowest BCUT2D eigenvalue weighted by Crippen LogP contribution is -2.51. The smallest absolute Gasteiger partial charge is 0.287 e. The van der Waals surface area contributed by atoms with Crippen molar-refractivity contribution < 1.29 is 4.79 Å². The lowest BCUT2D eigenvalue weighted by atomic mass is 10.1. The Bertz CT molecular complexity index is 358. The molecule has 0 bridgehead atoms. The van der Waals surface area contributed by atoms with Crippen LogP contribution in [-0.2, 0) is 4.79 Å². The highest BCUT2D eigenvalue weighted by Crippen LogP contribution is 2.12. The van der Waals surface area contributed by atoms with E-state index in [1.54, 1.807) is 6.21 Å². The van der Waals surface area contributed by atoms with E-state index >= 15 is 0 Å². The molecule has 0 aliphatic carbocycles. The van der Waals surface area contributed by atoms with Crippen molar-refractivity contribution in [1.82, 2.24) is 10.0 Å². The summed E-state index contributed by atoms with van der Waals surface area (Å²) in [5.41, 5.74) is 0.501. The number of rotatable bonds is 3. The standard InChI is InChI=1S/C13H22N4O/c1-3-17(16-7-5-4-6-8-16)13(18)12-10-14-9-11(2)15-12/h10-11H,3-9H2,1-2H3. The molecule has 1 atom stereocenters. The molecule has 2 aliphatic rings. The van der Waals surface area contributed by atoms with E-state index in [0.717, 1.165) is 13.1 Å². The average molecular weight is 250 g/mol. The number of piperidine rings is 1. The molecule has 2 heterocycles. The Labute approximate surface area is 109 Å². The third-order valence-electron chi connectivity index (χ3n) is 3.37. The minimum Gasteiger partial charge on any atom is -0.289 e. The number of hydrogen-bond donors (Lipinski definition) is 0. The summed E-state index contributed by atoms with van der Waals surface area (Å²) in [6.45, 7) is 7.32. The first-order chi connectivity index (χ1) is 8.72. The molecule has 0 aromatic carbocycles. The van der Waals surface area contributed by atoms with Gasteiger partial charge in [-0.2, -0.15) is 0 Å². The summed E-state index contributed by atoms with van der Waals surface area (Å²) in [5.74, 6) is -0.00491. The molecular formula is C13H22N4O. The second kappa shape index (κ2) is 6.09. The van der Waals surface area contributed by atoms with Gasteiger partial charge in [-0.15, -0.1) is 0 Å². The molecule has 0 radical (unpaired) electrons. The van der Waals surface area contributed by atoms with Gasteiger partial charge in [0.2, 0.25) is 0 Å². The molecule has 0 aromatic heterocycles. The van der Waals surface area contributed by atoms with E-state index in [0.29, 0.717) is 18.8 Å². The average Bonchev–Trinajstić information content (AvgIpc) is 2.41. The maximum absolute atomic E-state index is 12.4. The fraction of sp³-hybridized carbons (Fsp3) is 0.769. The van der Waals surface area contributed by atoms with Crippen molar-refractivity contribution in [1.29, 1.82) is 0 Å². The van der Waals surface area contributed by atoms with Crippen LogP contribution in [-0.4, -0.2) is 60.1 Å². The third-order valence-corrected chi connectivity index (χ3v) is 3.37. The van der Waals surface area contributed by atoms with Crippen LogP contribution in [0.2, 0.25) is 0 Å². The topological polar surface area (TPSA) is 48.3 Å². The molecular weight excluding hydrogens is 228 g/mol. The maximum Gasteiger partial charge on any atom is 0.287 e. The largest absolute Gasteiger partial charge is 0.289 e. The normalized spacial score (nSPS) is 24.8. The number of hydrazine groups is 1. The minimum atomic E-state index is -0.00491. The second-order valence-corrected chi connectivity index (χ2v) is 4.89. The summed E-state index contributed by atoms with van der Waals surface area (Å²) in [4.78, 5) is 21.0. The van der Waals surface area contributed by atoms with Gasteiger partial charge in [-0.1, -0.05) is 6.42 Å². The molecule has 0 spiro atoms. The molecule has 0 aromatic rings. The first-order valence-corrected chi connectivity index (χ1v) is 6.86. The van der Waals surface area contributed by atoms with Crippen molar-refractivity contribution in [2.45, 2.75) is 39.2 Å². The molecule has 2 aliphatic heterocycles. The quantitative estimate of drug-likeness (QED) is 0.754. The van der Waals surface area contributed by atoms with E-state index in [1.807, 2.05) is 18.9 Å². The minimum absolute atomic E-state index is 0.00491. The van der Waals surface area contributed by atoms with Crippen molar-refractivity contribution in [3.63, 3.8) is 0 Å². The van der Waals surface area contributed by atoms with Crippen LogP contribution in [0, 0.1) is 0 Å². The van der Waals surface area contributed by atoms with E-state index in [1.165, 1.54) is 19.3 Å². The monoisotopic (exact) mass is 250 g/mol. The van der Waals surface area contributed by atoms with Gasteiger partial charge in [0, 0.05) is 19.6 Å². The van der Waals surface area contributed by atoms with Crippen molar-refractivity contribution in [3.8, 4) is 0 Å². The Morgan fingerprint density at radius 1 is 1.44 bits per heavy atom. The lowest BCUT2D eigenvalue weighted by Gasteiger charge is -2.36. The summed E-state index contributed by atoms with van der Waals surface area (Å²) in [6, 6.07) is 0.119. The molecule has 0 saturated carbocycles. The van der Waals surface area contributed by atoms with E-state index in [2.05, 4.69) is 15.0 Å². The van der Waals surface area contributed by atoms with Crippen molar-refractivity contribution >= 4 is 17.8 Å². The van der Waals surface area contributed by atoms with E-state index in [9.17, 15) is 4.79 Å². The molecule has 5 nitrogen and oxygen atoms in total. The highest BCUT2D eigenvalue weighted by molar-refractivity contribution is 6.60. The van der Waals surface area contributed by atoms with Crippen LogP contribution in [0.5, 0.6) is 0 Å². The molecule has 1 unspecified atom stereocenters. The zero-order valence-electron chi connectivity index (χ0n) is 11.3. The second-order valence-electron chi connectivity index (χ2n) is 4.89. The third kappa shape index (κ3) is 2.96. The number of aliphatic imine (C=N–C) groups is 2. The van der Waals surface area contributed by atoms with Crippen LogP contribution in [0.15, 0.2) is 9.98 Å². The van der Waals surface area contributed by atoms with Gasteiger partial charge < -0.3 is 0 Å². The predicted molar refractivity (Wildman–Crippen MR) is 73.1 cm³/mol. The van der Waals surface area contributed by atoms with Gasteiger partial charge in [-0.25, -0.2) is 5.01 Å². The van der Waals surface area contributed by atoms with Gasteiger partial charge in [-0.3, -0.25) is 19.8 Å². The molecule has 5 heteroatoms. The maximum atomic E-state index is 12.4. The van der Waals surface area contributed by atoms with Gasteiger partial charge in [0.25, 0.3) is 5.91 Å². The number of amides is 1. The van der Waals surface area contributed by atoms with E-state index in [4.69, 9.17) is 0 Å². The van der Waals surface area contributed by atoms with Gasteiger partial charge in [0.1, 0.15) is 5.71 Å². The molecule has 1 fully saturated rings. The van der Waals surface area contributed by atoms with Crippen LogP contribution in [0.25, 0.3) is 0 Å². The first kappa shape index (κ1) is 13.2. The van der Waals surface area contributed by atoms with Crippen molar-refractivity contribution in [3.05, 3.63) is 0 Å². The summed E-state index contributed by atoms with van der Waals surface area (Å²) in [5, 5.41) is 3.98. The summed E-state index contributed by atoms with van der Waals surface area (Å²) < 4.78 is 0. The number of carbonyl (C=O) groups is 1. The number of nitrogens with zero attached hydrogens (tertiary/aromatic N) is 4. The van der Waals surface area contributed by atoms with Crippen LogP contribution >= 0.6 is 0 Å². The Morgan fingerprint density at radius 3 is 2.78 bits per heavy atom. The summed E-state index contributed by atoms with van der Waals surface area (Å²) in [6.07, 6.45) is 5.22. The van der Waals surface area contributed by atoms with Gasteiger partial charge >= 0.3 is 0 Å². The molecule has 18 heavy (non-hydrogen) atoms. The highest BCUT2D eigenvalue weighted by atomic mass is 16.2. The fourth-order valence-corrected chi connectivity index (χ4v) is 2.44. The highest BCUT2D eigenvalue weighted by Gasteiger charge is 2.25. The fourth-order valence-electron chi connectivity index (χ4n) is 2.44. The van der Waals surface area contributed by atoms with E-state index in [-0.39, 0.29) is 11.9 Å². The van der Waals surface area contributed by atoms with Gasteiger partial charge in [0.15, 0.2) is 0 Å². The molecule has 100 valence electrons. The van der Waals surface area contributed by atoms with Crippen molar-refractivity contribution in [2.75, 3.05) is 26.2 Å². The molecule has 1 saturated heterocycles. The summed E-state index contributed by atoms with van der Waals surface area (Å²) in [7, 11) is 0. The van der Waals surface area contributed by atoms with Crippen LogP contribution in [0.4, 0.5) is 0 Å². The lowest BCUT2D eigenvalue weighted by molar-refractivity contribution is -0.142. The molecule has 0 N–H and O–H groups in total. The molecule has 2 rings (SSSR count). The zero-order valence-corrected chi connectivity index (χ0v) is 11.3. The van der Waals surface area contributed by atoms with E-state index < -0.39 is 0 Å². The Morgan fingerprint density at radius 2 is 2.17 bits per heavy atom. The van der Waals surface area contributed by atoms with Crippen molar-refractivity contribution in [2.24, 2.45) is 9.98 Å². The predicted octanol–water partition coefficient (Wildman–Crippen LogP) is 1.15. The van der Waals surface area contributed by atoms with Crippen LogP contribution < -0.4 is 0 Å². The Balaban J connectivity index is 2.07. The van der Waals surface area contributed by atoms with Crippen LogP contribution in [0.3, 0.4) is 0 Å². The number of hydrogen-bond acceptors (Lipinski definition) is 4. The zero-order chi connectivity index (χ0) is 13.0.